The number of carbonyl (C=O) groups excluding carboxylic acids is 1. The molecular formula is C23H26Cl4N4O. The van der Waals surface area contributed by atoms with E-state index in [9.17, 15) is 4.79 Å². The second kappa shape index (κ2) is 11.4. The predicted molar refractivity (Wildman–Crippen MR) is 136 cm³/mol. The number of nitrogens with zero attached hydrogens (tertiary/aromatic N) is 3. The molecule has 5 nitrogen and oxygen atoms in total. The lowest BCUT2D eigenvalue weighted by molar-refractivity contribution is 0.0743. The van der Waals surface area contributed by atoms with E-state index in [0.717, 1.165) is 42.8 Å². The zero-order valence-electron chi connectivity index (χ0n) is 16.9. The first kappa shape index (κ1) is 26.5. The molecule has 3 aromatic rings. The first-order chi connectivity index (χ1) is 14.4. The molecule has 0 spiro atoms. The van der Waals surface area contributed by atoms with Crippen LogP contribution in [0.5, 0.6) is 0 Å². The number of aromatic nitrogens is 2. The molecule has 1 aliphatic rings. The van der Waals surface area contributed by atoms with Crippen LogP contribution in [0, 0.1) is 6.92 Å². The van der Waals surface area contributed by atoms with E-state index in [2.05, 4.69) is 10.5 Å². The molecule has 0 unspecified atom stereocenters. The number of hydrogen-bond donors (Lipinski definition) is 1. The van der Waals surface area contributed by atoms with E-state index < -0.39 is 0 Å². The number of hydrogen-bond acceptors (Lipinski definition) is 3. The average molecular weight is 516 g/mol. The monoisotopic (exact) mass is 514 g/mol. The lowest BCUT2D eigenvalue weighted by Crippen LogP contribution is -2.45. The molecule has 9 heteroatoms. The van der Waals surface area contributed by atoms with Crippen LogP contribution in [0.4, 0.5) is 0 Å². The molecule has 2 heterocycles. The maximum atomic E-state index is 13.1. The average Bonchev–Trinajstić information content (AvgIpc) is 3.06. The number of carbonyl (C=O) groups is 1. The molecule has 1 N–H and O–H groups in total. The van der Waals surface area contributed by atoms with Crippen molar-refractivity contribution in [2.45, 2.75) is 33.6 Å². The number of amides is 1. The van der Waals surface area contributed by atoms with Crippen LogP contribution < -0.4 is 5.43 Å². The molecule has 0 aliphatic carbocycles. The van der Waals surface area contributed by atoms with Crippen LogP contribution in [0.3, 0.4) is 0 Å². The van der Waals surface area contributed by atoms with Crippen LogP contribution in [-0.4, -0.2) is 33.8 Å². The molecule has 0 atom stereocenters. The fraction of sp³-hybridized carbons (Fsp3) is 0.304. The molecule has 1 fully saturated rings. The topological polar surface area (TPSA) is 50.2 Å². The van der Waals surface area contributed by atoms with Gasteiger partial charge in [0.1, 0.15) is 0 Å². The van der Waals surface area contributed by atoms with Crippen molar-refractivity contribution in [3.63, 3.8) is 0 Å². The highest BCUT2D eigenvalue weighted by Crippen LogP contribution is 2.33. The Balaban J connectivity index is 0.00000181. The van der Waals surface area contributed by atoms with Gasteiger partial charge in [-0.2, -0.15) is 5.10 Å². The zero-order chi connectivity index (χ0) is 21.3. The highest BCUT2D eigenvalue weighted by atomic mass is 35.5. The quantitative estimate of drug-likeness (QED) is 0.407. The lowest BCUT2D eigenvalue weighted by Gasteiger charge is -2.26. The number of rotatable bonds is 4. The van der Waals surface area contributed by atoms with Gasteiger partial charge in [-0.05, 0) is 50.1 Å². The predicted octanol–water partition coefficient (Wildman–Crippen LogP) is 7.00. The third-order valence-electron chi connectivity index (χ3n) is 5.21. The number of piperidine rings is 1. The Morgan fingerprint density at radius 1 is 0.969 bits per heavy atom. The van der Waals surface area contributed by atoms with E-state index in [4.69, 9.17) is 34.8 Å². The highest BCUT2D eigenvalue weighted by Gasteiger charge is 2.24. The Kier molecular flexibility index (Phi) is 9.43. The summed E-state index contributed by atoms with van der Waals surface area (Å²) >= 11 is 18.6. The van der Waals surface area contributed by atoms with Gasteiger partial charge in [0, 0.05) is 34.3 Å². The minimum absolute atomic E-state index is 0. The Hall–Kier alpha value is -1.76. The molecule has 1 aliphatic heterocycles. The van der Waals surface area contributed by atoms with E-state index in [1.54, 1.807) is 22.9 Å². The van der Waals surface area contributed by atoms with Gasteiger partial charge in [0.25, 0.3) is 5.91 Å². The third-order valence-corrected chi connectivity index (χ3v) is 6.00. The molecule has 4 rings (SSSR count). The normalized spacial score (nSPS) is 13.8. The smallest absolute Gasteiger partial charge is 0.283 e. The number of benzene rings is 2. The highest BCUT2D eigenvalue weighted by molar-refractivity contribution is 6.35. The number of halogens is 4. The number of nitrogens with one attached hydrogen (secondary N) is 1. The molecular weight excluding hydrogens is 490 g/mol. The van der Waals surface area contributed by atoms with E-state index in [-0.39, 0.29) is 25.7 Å². The second-order valence-corrected chi connectivity index (χ2v) is 8.61. The van der Waals surface area contributed by atoms with Gasteiger partial charge in [0.2, 0.25) is 0 Å². The SMILES string of the molecule is C.Cc1c(C(=O)NN2CCCCC2)nn(-c2ccc(Cl)cc2Cl)c1-c1ccc(Cl)cc1.Cl. The standard InChI is InChI=1S/C22H21Cl3N4O.CH4.ClH/c1-14-20(22(30)27-28-11-3-2-4-12-28)26-29(19-10-9-17(24)13-18(19)25)21(14)15-5-7-16(23)8-6-15;;/h5-10,13H,2-4,11-12H2,1H3,(H,27,30);1H4;1H. The van der Waals surface area contributed by atoms with Crippen molar-refractivity contribution < 1.29 is 4.79 Å². The maximum absolute atomic E-state index is 13.1. The van der Waals surface area contributed by atoms with Gasteiger partial charge in [-0.25, -0.2) is 9.69 Å². The van der Waals surface area contributed by atoms with Gasteiger partial charge >= 0.3 is 0 Å². The molecule has 0 saturated carbocycles. The summed E-state index contributed by atoms with van der Waals surface area (Å²) in [4.78, 5) is 13.1. The van der Waals surface area contributed by atoms with Crippen molar-refractivity contribution in [1.82, 2.24) is 20.2 Å². The summed E-state index contributed by atoms with van der Waals surface area (Å²) in [5, 5.41) is 8.22. The van der Waals surface area contributed by atoms with Crippen LogP contribution in [-0.2, 0) is 0 Å². The summed E-state index contributed by atoms with van der Waals surface area (Å²) in [5.41, 5.74) is 6.42. The number of hydrazine groups is 1. The zero-order valence-corrected chi connectivity index (χ0v) is 20.0. The molecule has 0 bridgehead atoms. The fourth-order valence-corrected chi connectivity index (χ4v) is 4.30. The molecule has 1 amide bonds. The van der Waals surface area contributed by atoms with Gasteiger partial charge in [-0.15, -0.1) is 12.4 Å². The molecule has 1 saturated heterocycles. The summed E-state index contributed by atoms with van der Waals surface area (Å²) in [6.07, 6.45) is 3.34. The summed E-state index contributed by atoms with van der Waals surface area (Å²) in [7, 11) is 0. The Labute approximate surface area is 210 Å². The maximum Gasteiger partial charge on any atom is 0.286 e. The summed E-state index contributed by atoms with van der Waals surface area (Å²) in [6.45, 7) is 3.58. The van der Waals surface area contributed by atoms with Crippen LogP contribution >= 0.6 is 47.2 Å². The van der Waals surface area contributed by atoms with Crippen LogP contribution in [0.2, 0.25) is 15.1 Å². The lowest BCUT2D eigenvalue weighted by atomic mass is 10.1. The first-order valence-corrected chi connectivity index (χ1v) is 10.9. The molecule has 0 radical (unpaired) electrons. The van der Waals surface area contributed by atoms with Crippen molar-refractivity contribution in [2.24, 2.45) is 0 Å². The van der Waals surface area contributed by atoms with Gasteiger partial charge in [0.05, 0.1) is 16.4 Å². The molecule has 32 heavy (non-hydrogen) atoms. The largest absolute Gasteiger partial charge is 0.286 e. The van der Waals surface area contributed by atoms with E-state index in [0.29, 0.717) is 26.4 Å². The van der Waals surface area contributed by atoms with E-state index in [1.807, 2.05) is 36.2 Å². The Bertz CT molecular complexity index is 1080. The third kappa shape index (κ3) is 5.59. The van der Waals surface area contributed by atoms with E-state index in [1.165, 1.54) is 6.42 Å². The molecule has 2 aromatic carbocycles. The van der Waals surface area contributed by atoms with Gasteiger partial charge in [-0.3, -0.25) is 10.2 Å². The second-order valence-electron chi connectivity index (χ2n) is 7.33. The van der Waals surface area contributed by atoms with E-state index >= 15 is 0 Å². The van der Waals surface area contributed by atoms with Gasteiger partial charge in [-0.1, -0.05) is 60.8 Å². The fourth-order valence-electron chi connectivity index (χ4n) is 3.69. The Morgan fingerprint density at radius 2 is 1.59 bits per heavy atom. The molecule has 172 valence electrons. The van der Waals surface area contributed by atoms with Gasteiger partial charge < -0.3 is 0 Å². The van der Waals surface area contributed by atoms with Crippen molar-refractivity contribution in [2.75, 3.05) is 13.1 Å². The minimum Gasteiger partial charge on any atom is -0.283 e. The van der Waals surface area contributed by atoms with Crippen molar-refractivity contribution in [3.05, 3.63) is 68.8 Å². The Morgan fingerprint density at radius 3 is 2.22 bits per heavy atom. The van der Waals surface area contributed by atoms with Crippen molar-refractivity contribution >= 4 is 53.1 Å². The van der Waals surface area contributed by atoms with Crippen LogP contribution in [0.25, 0.3) is 16.9 Å². The summed E-state index contributed by atoms with van der Waals surface area (Å²) in [6, 6.07) is 12.6. The van der Waals surface area contributed by atoms with Gasteiger partial charge in [0.15, 0.2) is 5.69 Å². The molecule has 1 aromatic heterocycles. The van der Waals surface area contributed by atoms with Crippen LogP contribution in [0.15, 0.2) is 42.5 Å². The van der Waals surface area contributed by atoms with Crippen molar-refractivity contribution in [1.29, 1.82) is 0 Å². The first-order valence-electron chi connectivity index (χ1n) is 9.81. The van der Waals surface area contributed by atoms with Crippen molar-refractivity contribution in [3.8, 4) is 16.9 Å². The summed E-state index contributed by atoms with van der Waals surface area (Å²) in [5.74, 6) is -0.228. The summed E-state index contributed by atoms with van der Waals surface area (Å²) < 4.78 is 1.70. The minimum atomic E-state index is -0.228. The van der Waals surface area contributed by atoms with Crippen LogP contribution in [0.1, 0.15) is 42.7 Å².